The first-order valence-corrected chi connectivity index (χ1v) is 14.5. The third-order valence-electron chi connectivity index (χ3n) is 7.75. The number of halogens is 2. The van der Waals surface area contributed by atoms with Gasteiger partial charge >= 0.3 is 0 Å². The number of thiazole rings is 1. The van der Waals surface area contributed by atoms with Crippen LogP contribution in [0.5, 0.6) is 0 Å². The van der Waals surface area contributed by atoms with Crippen molar-refractivity contribution in [2.45, 2.75) is 19.4 Å². The molecule has 6 rings (SSSR count). The number of hydrogen-bond donors (Lipinski definition) is 1. The van der Waals surface area contributed by atoms with Crippen molar-refractivity contribution in [2.24, 2.45) is 0 Å². The lowest BCUT2D eigenvalue weighted by Gasteiger charge is -2.39. The summed E-state index contributed by atoms with van der Waals surface area (Å²) in [4.78, 5) is 24.9. The fourth-order valence-electron chi connectivity index (χ4n) is 5.39. The van der Waals surface area contributed by atoms with Gasteiger partial charge in [0.05, 0.1) is 42.8 Å². The third kappa shape index (κ3) is 5.17. The molecule has 1 amide bonds. The minimum atomic E-state index is -0.675. The standard InChI is InChI=1S/C29H30F2N8O2S/c1-3-22-28(35(2)29-33-27(25(13-32)42-29)18-4-6-19(30)7-5-18)24-12-23(21(31)16-39(24)34-22)37-10-8-36(9-11-37)17-26(41)38-14-20(40)15-38/h4-7,12,16,20,40H,3,8-11,14-15,17H2,1-2H3/i16D. The number of β-amino-alcohol motifs (C(OH)–C–C–N with tert-alkyl or cyclic N) is 1. The van der Waals surface area contributed by atoms with Gasteiger partial charge in [-0.05, 0) is 36.8 Å². The predicted octanol–water partition coefficient (Wildman–Crippen LogP) is 3.26. The maximum absolute atomic E-state index is 15.6. The number of hydrogen-bond acceptors (Lipinski definition) is 9. The number of aryl methyl sites for hydroxylation is 1. The van der Waals surface area contributed by atoms with Gasteiger partial charge < -0.3 is 19.8 Å². The van der Waals surface area contributed by atoms with E-state index < -0.39 is 11.9 Å². The molecule has 5 heterocycles. The lowest BCUT2D eigenvalue weighted by Crippen LogP contribution is -2.57. The van der Waals surface area contributed by atoms with Crippen molar-refractivity contribution in [3.63, 3.8) is 0 Å². The van der Waals surface area contributed by atoms with Crippen molar-refractivity contribution in [3.8, 4) is 17.3 Å². The number of nitrogens with zero attached hydrogens (tertiary/aromatic N) is 8. The van der Waals surface area contributed by atoms with E-state index in [1.165, 1.54) is 28.0 Å². The number of nitriles is 1. The number of aliphatic hydroxyl groups is 1. The topological polar surface area (TPSA) is 104 Å². The van der Waals surface area contributed by atoms with Gasteiger partial charge in [-0.3, -0.25) is 9.69 Å². The molecule has 2 fully saturated rings. The average Bonchev–Trinajstić information content (AvgIpc) is 3.60. The highest BCUT2D eigenvalue weighted by atomic mass is 32.1. The second kappa shape index (κ2) is 11.3. The van der Waals surface area contributed by atoms with Crippen LogP contribution in [0, 0.1) is 23.0 Å². The summed E-state index contributed by atoms with van der Waals surface area (Å²) in [5.41, 5.74) is 3.18. The molecular weight excluding hydrogens is 562 g/mol. The number of piperazine rings is 1. The summed E-state index contributed by atoms with van der Waals surface area (Å²) in [5.74, 6) is -1.08. The lowest BCUT2D eigenvalue weighted by atomic mass is 10.1. The summed E-state index contributed by atoms with van der Waals surface area (Å²) >= 11 is 1.19. The molecule has 2 saturated heterocycles. The van der Waals surface area contributed by atoms with E-state index in [0.29, 0.717) is 83.9 Å². The molecule has 2 aliphatic rings. The Bertz CT molecular complexity index is 1720. The van der Waals surface area contributed by atoms with Gasteiger partial charge in [-0.15, -0.1) is 0 Å². The number of carbonyl (C=O) groups is 1. The SMILES string of the molecule is [2H]c1c(F)c(N2CCN(CC(=O)N3CC(O)C3)CC2)cc2c(N(C)c3nc(-c4ccc(F)cc4)c(C#N)s3)c(CC)nn12. The number of aliphatic hydroxyl groups excluding tert-OH is 1. The van der Waals surface area contributed by atoms with Gasteiger partial charge in [0.25, 0.3) is 0 Å². The summed E-state index contributed by atoms with van der Waals surface area (Å²) in [5, 5.41) is 24.3. The molecule has 0 bridgehead atoms. The van der Waals surface area contributed by atoms with Gasteiger partial charge in [0.1, 0.15) is 22.5 Å². The molecule has 2 aliphatic heterocycles. The van der Waals surface area contributed by atoms with Crippen LogP contribution in [0.4, 0.5) is 25.3 Å². The molecule has 0 saturated carbocycles. The summed E-state index contributed by atoms with van der Waals surface area (Å²) in [6, 6.07) is 9.68. The minimum Gasteiger partial charge on any atom is -0.389 e. The zero-order valence-electron chi connectivity index (χ0n) is 24.2. The van der Waals surface area contributed by atoms with Crippen LogP contribution >= 0.6 is 11.3 Å². The van der Waals surface area contributed by atoms with E-state index in [4.69, 9.17) is 6.35 Å². The molecule has 10 nitrogen and oxygen atoms in total. The van der Waals surface area contributed by atoms with Crippen LogP contribution < -0.4 is 9.80 Å². The molecule has 0 radical (unpaired) electrons. The van der Waals surface area contributed by atoms with E-state index in [1.807, 2.05) is 16.7 Å². The first-order valence-electron chi connectivity index (χ1n) is 14.2. The fourth-order valence-corrected chi connectivity index (χ4v) is 6.24. The molecule has 218 valence electrons. The highest BCUT2D eigenvalue weighted by Gasteiger charge is 2.31. The van der Waals surface area contributed by atoms with Crippen molar-refractivity contribution in [1.82, 2.24) is 24.4 Å². The van der Waals surface area contributed by atoms with E-state index in [-0.39, 0.29) is 30.1 Å². The number of anilines is 3. The van der Waals surface area contributed by atoms with Gasteiger partial charge in [-0.1, -0.05) is 18.3 Å². The first-order chi connectivity index (χ1) is 20.7. The Labute approximate surface area is 247 Å². The monoisotopic (exact) mass is 593 g/mol. The van der Waals surface area contributed by atoms with Crippen molar-refractivity contribution in [2.75, 3.05) is 62.7 Å². The maximum atomic E-state index is 15.6. The molecule has 1 N–H and O–H groups in total. The van der Waals surface area contributed by atoms with Crippen LogP contribution in [-0.2, 0) is 11.2 Å². The Morgan fingerprint density at radius 2 is 1.95 bits per heavy atom. The third-order valence-corrected chi connectivity index (χ3v) is 8.78. The summed E-state index contributed by atoms with van der Waals surface area (Å²) in [6.45, 7) is 4.95. The van der Waals surface area contributed by atoms with Crippen molar-refractivity contribution >= 4 is 39.3 Å². The molecule has 0 unspecified atom stereocenters. The summed E-state index contributed by atoms with van der Waals surface area (Å²) in [7, 11) is 1.80. The largest absolute Gasteiger partial charge is 0.389 e. The van der Waals surface area contributed by atoms with E-state index in [2.05, 4.69) is 11.2 Å². The minimum absolute atomic E-state index is 0.0249. The van der Waals surface area contributed by atoms with E-state index in [9.17, 15) is 19.6 Å². The predicted molar refractivity (Wildman–Crippen MR) is 156 cm³/mol. The number of amides is 1. The summed E-state index contributed by atoms with van der Waals surface area (Å²) in [6.07, 6.45) is -0.293. The van der Waals surface area contributed by atoms with Gasteiger partial charge in [0.15, 0.2) is 10.9 Å². The van der Waals surface area contributed by atoms with E-state index >= 15 is 4.39 Å². The van der Waals surface area contributed by atoms with Gasteiger partial charge in [-0.2, -0.15) is 10.4 Å². The molecule has 0 aliphatic carbocycles. The second-order valence-corrected chi connectivity index (χ2v) is 11.4. The second-order valence-electron chi connectivity index (χ2n) is 10.5. The van der Waals surface area contributed by atoms with Crippen LogP contribution in [0.3, 0.4) is 0 Å². The molecule has 13 heteroatoms. The lowest BCUT2D eigenvalue weighted by molar-refractivity contribution is -0.142. The van der Waals surface area contributed by atoms with Crippen LogP contribution in [0.1, 0.15) is 18.9 Å². The number of aromatic nitrogens is 3. The Kier molecular flexibility index (Phi) is 7.19. The molecule has 4 aromatic rings. The Morgan fingerprint density at radius 1 is 1.24 bits per heavy atom. The van der Waals surface area contributed by atoms with Gasteiger partial charge in [-0.25, -0.2) is 18.3 Å². The molecule has 3 aromatic heterocycles. The maximum Gasteiger partial charge on any atom is 0.236 e. The van der Waals surface area contributed by atoms with Gasteiger partial charge in [0.2, 0.25) is 5.91 Å². The number of benzene rings is 1. The molecule has 0 spiro atoms. The molecule has 0 atom stereocenters. The van der Waals surface area contributed by atoms with Crippen molar-refractivity contribution < 1.29 is 20.1 Å². The number of likely N-dealkylation sites (tertiary alicyclic amines) is 1. The normalized spacial score (nSPS) is 16.4. The molecule has 42 heavy (non-hydrogen) atoms. The number of fused-ring (bicyclic) bond motifs is 1. The zero-order valence-corrected chi connectivity index (χ0v) is 24.0. The van der Waals surface area contributed by atoms with Gasteiger partial charge in [0, 0.05) is 51.9 Å². The quantitative estimate of drug-likeness (QED) is 0.348. The van der Waals surface area contributed by atoms with E-state index in [1.54, 1.807) is 35.0 Å². The van der Waals surface area contributed by atoms with Crippen molar-refractivity contribution in [1.29, 1.82) is 5.26 Å². The molecular formula is C29H30F2N8O2S. The summed E-state index contributed by atoms with van der Waals surface area (Å²) < 4.78 is 39.1. The number of rotatable bonds is 7. The highest BCUT2D eigenvalue weighted by molar-refractivity contribution is 7.16. The average molecular weight is 594 g/mol. The van der Waals surface area contributed by atoms with E-state index in [0.717, 1.165) is 0 Å². The smallest absolute Gasteiger partial charge is 0.236 e. The zero-order chi connectivity index (χ0) is 30.4. The van der Waals surface area contributed by atoms with Crippen LogP contribution in [0.2, 0.25) is 0 Å². The Morgan fingerprint density at radius 3 is 2.60 bits per heavy atom. The molecule has 1 aromatic carbocycles. The highest BCUT2D eigenvalue weighted by Crippen LogP contribution is 2.39. The van der Waals surface area contributed by atoms with Crippen molar-refractivity contribution in [3.05, 3.63) is 58.7 Å². The van der Waals surface area contributed by atoms with Crippen LogP contribution in [-0.4, -0.2) is 94.4 Å². The first kappa shape index (κ1) is 26.8. The fraction of sp³-hybridized carbons (Fsp3) is 0.379. The number of carbonyl (C=O) groups excluding carboxylic acids is 1. The number of pyridine rings is 1. The van der Waals surface area contributed by atoms with Crippen LogP contribution in [0.25, 0.3) is 16.8 Å². The Hall–Kier alpha value is -4.12. The van der Waals surface area contributed by atoms with Crippen LogP contribution in [0.15, 0.2) is 36.5 Å². The Balaban J connectivity index is 1.30.